The minimum Gasteiger partial charge on any atom is -0.452 e. The molecule has 2 unspecified atom stereocenters. The Balaban J connectivity index is 2.64. The van der Waals surface area contributed by atoms with E-state index < -0.39 is 22.3 Å². The minimum absolute atomic E-state index is 0.0479. The number of amides is 1. The van der Waals surface area contributed by atoms with E-state index in [0.29, 0.717) is 12.8 Å². The van der Waals surface area contributed by atoms with Crippen molar-refractivity contribution in [1.29, 1.82) is 5.41 Å². The Morgan fingerprint density at radius 2 is 2.12 bits per heavy atom. The molecule has 1 saturated carbocycles. The lowest BCUT2D eigenvalue weighted by molar-refractivity contribution is 0.177. The number of hydrogen-bond acceptors (Lipinski definition) is 5. The van der Waals surface area contributed by atoms with E-state index >= 15 is 0 Å². The number of methoxy groups -OCH3 is 1. The molecule has 0 aromatic rings. The molecule has 5 N–H and O–H groups in total. The van der Waals surface area contributed by atoms with Crippen molar-refractivity contribution in [3.8, 4) is 0 Å². The van der Waals surface area contributed by atoms with Crippen molar-refractivity contribution in [2.24, 2.45) is 11.7 Å². The van der Waals surface area contributed by atoms with Gasteiger partial charge in [-0.3, -0.25) is 5.41 Å². The number of nitrogens with two attached hydrogens (primary N) is 1. The van der Waals surface area contributed by atoms with Crippen LogP contribution in [-0.4, -0.2) is 33.5 Å². The minimum atomic E-state index is -3.97. The number of hydrogen-bond donors (Lipinski definition) is 4. The van der Waals surface area contributed by atoms with E-state index in [-0.39, 0.29) is 11.8 Å². The van der Waals surface area contributed by atoms with Crippen LogP contribution >= 0.6 is 0 Å². The topological polar surface area (TPSA) is 134 Å². The lowest BCUT2D eigenvalue weighted by Gasteiger charge is -2.19. The van der Waals surface area contributed by atoms with E-state index in [9.17, 15) is 13.2 Å². The molecular formula is C8H16N4O4S. The van der Waals surface area contributed by atoms with Crippen molar-refractivity contribution in [2.75, 3.05) is 7.11 Å². The molecule has 2 atom stereocenters. The van der Waals surface area contributed by atoms with Gasteiger partial charge in [-0.1, -0.05) is 6.42 Å². The summed E-state index contributed by atoms with van der Waals surface area (Å²) in [5, 5.41) is 7.34. The molecule has 0 saturated heterocycles. The molecule has 0 heterocycles. The fourth-order valence-electron chi connectivity index (χ4n) is 1.85. The lowest BCUT2D eigenvalue weighted by atomic mass is 10.0. The molecule has 0 spiro atoms. The van der Waals surface area contributed by atoms with Gasteiger partial charge in [-0.05, 0) is 12.8 Å². The van der Waals surface area contributed by atoms with E-state index in [4.69, 9.17) is 11.1 Å². The first-order chi connectivity index (χ1) is 7.85. The Labute approximate surface area is 99.6 Å². The smallest absolute Gasteiger partial charge is 0.421 e. The van der Waals surface area contributed by atoms with E-state index in [1.807, 2.05) is 0 Å². The Hall–Kier alpha value is -1.35. The van der Waals surface area contributed by atoms with E-state index in [1.54, 1.807) is 4.72 Å². The molecule has 1 aliphatic carbocycles. The second-order valence-corrected chi connectivity index (χ2v) is 5.26. The fraction of sp³-hybridized carbons (Fsp3) is 0.750. The predicted octanol–water partition coefficient (Wildman–Crippen LogP) is -0.719. The van der Waals surface area contributed by atoms with Crippen molar-refractivity contribution < 1.29 is 17.9 Å². The number of carbonyl (C=O) groups excluding carboxylic acids is 1. The van der Waals surface area contributed by atoms with E-state index in [2.05, 4.69) is 9.46 Å². The summed E-state index contributed by atoms with van der Waals surface area (Å²) >= 11 is 0. The zero-order valence-corrected chi connectivity index (χ0v) is 10.2. The Bertz CT molecular complexity index is 408. The third-order valence-corrected chi connectivity index (χ3v) is 3.67. The number of ether oxygens (including phenoxy) is 1. The van der Waals surface area contributed by atoms with Gasteiger partial charge in [0.25, 0.3) is 0 Å². The summed E-state index contributed by atoms with van der Waals surface area (Å²) < 4.78 is 31.1. The first-order valence-corrected chi connectivity index (χ1v) is 6.56. The summed E-state index contributed by atoms with van der Waals surface area (Å²) in [6, 6.07) is -0.449. The fourth-order valence-corrected chi connectivity index (χ4v) is 2.90. The molecule has 0 radical (unpaired) electrons. The highest BCUT2D eigenvalue weighted by Crippen LogP contribution is 2.25. The first-order valence-electron chi connectivity index (χ1n) is 5.07. The Kier molecular flexibility index (Phi) is 4.29. The molecule has 98 valence electrons. The van der Waals surface area contributed by atoms with Crippen LogP contribution in [0.25, 0.3) is 0 Å². The van der Waals surface area contributed by atoms with Gasteiger partial charge >= 0.3 is 16.3 Å². The first kappa shape index (κ1) is 13.7. The van der Waals surface area contributed by atoms with Gasteiger partial charge < -0.3 is 10.5 Å². The van der Waals surface area contributed by atoms with Crippen LogP contribution in [0.5, 0.6) is 0 Å². The molecule has 0 aromatic heterocycles. The Morgan fingerprint density at radius 1 is 1.47 bits per heavy atom. The monoisotopic (exact) mass is 264 g/mol. The van der Waals surface area contributed by atoms with Crippen molar-refractivity contribution in [1.82, 2.24) is 9.44 Å². The van der Waals surface area contributed by atoms with E-state index in [0.717, 1.165) is 13.5 Å². The van der Waals surface area contributed by atoms with Crippen LogP contribution in [0.2, 0.25) is 0 Å². The van der Waals surface area contributed by atoms with Crippen LogP contribution in [0.1, 0.15) is 19.3 Å². The molecule has 0 aromatic carbocycles. The second-order valence-electron chi connectivity index (χ2n) is 3.81. The van der Waals surface area contributed by atoms with Crippen molar-refractivity contribution in [3.63, 3.8) is 0 Å². The van der Waals surface area contributed by atoms with Crippen LogP contribution in [0, 0.1) is 11.3 Å². The summed E-state index contributed by atoms with van der Waals surface area (Å²) in [4.78, 5) is 10.8. The molecule has 1 rings (SSSR count). The summed E-state index contributed by atoms with van der Waals surface area (Å²) in [5.74, 6) is -0.363. The lowest BCUT2D eigenvalue weighted by Crippen LogP contribution is -2.48. The van der Waals surface area contributed by atoms with Gasteiger partial charge in [0, 0.05) is 12.0 Å². The molecule has 1 aliphatic rings. The standard InChI is InChI=1S/C8H16N4O4S/c1-16-8(13)12-17(14,15)11-6-4-2-3-5(6)7(9)10/h5-6,11H,2-4H2,1H3,(H3,9,10)(H,12,13). The number of carbonyl (C=O) groups is 1. The summed E-state index contributed by atoms with van der Waals surface area (Å²) in [6.45, 7) is 0. The SMILES string of the molecule is COC(=O)NS(=O)(=O)NC1CCCC1C(=N)N. The largest absolute Gasteiger partial charge is 0.452 e. The van der Waals surface area contributed by atoms with Gasteiger partial charge in [0.2, 0.25) is 0 Å². The number of amidine groups is 1. The molecule has 8 nitrogen and oxygen atoms in total. The highest BCUT2D eigenvalue weighted by Gasteiger charge is 2.33. The van der Waals surface area contributed by atoms with Crippen LogP contribution < -0.4 is 15.2 Å². The van der Waals surface area contributed by atoms with Crippen LogP contribution in [-0.2, 0) is 14.9 Å². The van der Waals surface area contributed by atoms with Crippen molar-refractivity contribution in [2.45, 2.75) is 25.3 Å². The summed E-state index contributed by atoms with van der Waals surface area (Å²) in [6.07, 6.45) is 0.984. The number of rotatable bonds is 4. The molecule has 0 aliphatic heterocycles. The maximum atomic E-state index is 11.5. The van der Waals surface area contributed by atoms with Crippen LogP contribution in [0.4, 0.5) is 4.79 Å². The molecule has 17 heavy (non-hydrogen) atoms. The van der Waals surface area contributed by atoms with Crippen molar-refractivity contribution >= 4 is 22.1 Å². The highest BCUT2D eigenvalue weighted by atomic mass is 32.2. The normalized spacial score (nSPS) is 24.3. The molecule has 0 bridgehead atoms. The summed E-state index contributed by atoms with van der Waals surface area (Å²) in [5.41, 5.74) is 5.37. The quantitative estimate of drug-likeness (QED) is 0.392. The van der Waals surface area contributed by atoms with Crippen LogP contribution in [0.3, 0.4) is 0 Å². The van der Waals surface area contributed by atoms with Gasteiger partial charge in [0.1, 0.15) is 0 Å². The third-order valence-electron chi connectivity index (χ3n) is 2.63. The van der Waals surface area contributed by atoms with Gasteiger partial charge in [-0.25, -0.2) is 9.52 Å². The van der Waals surface area contributed by atoms with Gasteiger partial charge in [-0.15, -0.1) is 0 Å². The predicted molar refractivity (Wildman–Crippen MR) is 60.6 cm³/mol. The van der Waals surface area contributed by atoms with Gasteiger partial charge in [0.15, 0.2) is 0 Å². The van der Waals surface area contributed by atoms with Gasteiger partial charge in [0.05, 0.1) is 12.9 Å². The average Bonchev–Trinajstić information content (AvgIpc) is 2.64. The average molecular weight is 264 g/mol. The van der Waals surface area contributed by atoms with E-state index in [1.165, 1.54) is 0 Å². The van der Waals surface area contributed by atoms with Crippen molar-refractivity contribution in [3.05, 3.63) is 0 Å². The molecule has 1 amide bonds. The zero-order chi connectivity index (χ0) is 13.1. The number of nitrogens with one attached hydrogen (secondary N) is 3. The maximum absolute atomic E-state index is 11.5. The third kappa shape index (κ3) is 3.86. The molecule has 1 fully saturated rings. The van der Waals surface area contributed by atoms with Crippen LogP contribution in [0.15, 0.2) is 0 Å². The molecule has 9 heteroatoms. The highest BCUT2D eigenvalue weighted by molar-refractivity contribution is 7.88. The van der Waals surface area contributed by atoms with Gasteiger partial charge in [-0.2, -0.15) is 13.1 Å². The Morgan fingerprint density at radius 3 is 2.65 bits per heavy atom. The second kappa shape index (κ2) is 5.32. The molecular weight excluding hydrogens is 248 g/mol. The zero-order valence-electron chi connectivity index (χ0n) is 9.39. The maximum Gasteiger partial charge on any atom is 0.421 e. The summed E-state index contributed by atoms with van der Waals surface area (Å²) in [7, 11) is -2.90.